The first-order valence-corrected chi connectivity index (χ1v) is 9.26. The molecule has 2 aliphatic carbocycles. The Morgan fingerprint density at radius 2 is 1.23 bits per heavy atom. The molecular weight excluding hydrogens is 326 g/mol. The average molecular weight is 349 g/mol. The van der Waals surface area contributed by atoms with E-state index in [1.165, 1.54) is 11.1 Å². The fourth-order valence-corrected chi connectivity index (χ4v) is 2.87. The lowest BCUT2D eigenvalue weighted by atomic mass is 9.95. The lowest BCUT2D eigenvalue weighted by Gasteiger charge is -2.10. The van der Waals surface area contributed by atoms with Crippen LogP contribution in [0.25, 0.3) is 11.1 Å². The van der Waals surface area contributed by atoms with Crippen LogP contribution >= 0.6 is 0 Å². The highest BCUT2D eigenvalue weighted by Crippen LogP contribution is 2.29. The number of pyridine rings is 1. The molecule has 2 aliphatic heterocycles. The van der Waals surface area contributed by atoms with Crippen molar-refractivity contribution in [2.75, 3.05) is 13.2 Å². The maximum Gasteiger partial charge on any atom is 0.235 e. The minimum atomic E-state index is 0.250. The molecule has 2 atom stereocenters. The van der Waals surface area contributed by atoms with Gasteiger partial charge in [0.05, 0.1) is 12.1 Å². The zero-order valence-corrected chi connectivity index (χ0v) is 15.2. The molecule has 134 valence electrons. The number of fused-ring (bicyclic) bond motifs is 1. The number of aromatic nitrogens is 1. The number of nitrogens with zero attached hydrogens (tertiary/aromatic N) is 3. The van der Waals surface area contributed by atoms with Gasteiger partial charge in [0.15, 0.2) is 0 Å². The van der Waals surface area contributed by atoms with E-state index < -0.39 is 0 Å². The Kier molecular flexibility index (Phi) is 4.69. The highest BCUT2D eigenvalue weighted by molar-refractivity contribution is 5.97. The molecule has 5 heteroatoms. The van der Waals surface area contributed by atoms with Crippen LogP contribution in [-0.2, 0) is 9.47 Å². The van der Waals surface area contributed by atoms with Crippen LogP contribution in [0.2, 0.25) is 0 Å². The Labute approximate surface area is 153 Å². The third-order valence-electron chi connectivity index (χ3n) is 4.77. The van der Waals surface area contributed by atoms with Crippen molar-refractivity contribution in [1.82, 2.24) is 4.98 Å². The number of hydrogen-bond donors (Lipinski definition) is 0. The van der Waals surface area contributed by atoms with E-state index in [2.05, 4.69) is 53.1 Å². The molecule has 0 fully saturated rings. The topological polar surface area (TPSA) is 56.1 Å². The van der Waals surface area contributed by atoms with E-state index in [4.69, 9.17) is 9.47 Å². The van der Waals surface area contributed by atoms with E-state index in [9.17, 15) is 0 Å². The molecule has 1 aromatic rings. The van der Waals surface area contributed by atoms with Crippen molar-refractivity contribution < 1.29 is 9.47 Å². The molecule has 0 saturated heterocycles. The highest BCUT2D eigenvalue weighted by atomic mass is 16.5. The summed E-state index contributed by atoms with van der Waals surface area (Å²) >= 11 is 0. The summed E-state index contributed by atoms with van der Waals surface area (Å²) in [5.41, 5.74) is 4.36. The molecule has 0 spiro atoms. The lowest BCUT2D eigenvalue weighted by Crippen LogP contribution is -2.10. The summed E-state index contributed by atoms with van der Waals surface area (Å²) in [4.78, 5) is 13.6. The Balaban J connectivity index is 0.000000233. The summed E-state index contributed by atoms with van der Waals surface area (Å²) in [7, 11) is 0. The Morgan fingerprint density at radius 1 is 0.769 bits per heavy atom. The molecular formula is C21H23N3O2. The predicted octanol–water partition coefficient (Wildman–Crippen LogP) is 3.86. The summed E-state index contributed by atoms with van der Waals surface area (Å²) in [6, 6.07) is 14.7. The van der Waals surface area contributed by atoms with Crippen molar-refractivity contribution in [3.05, 3.63) is 53.9 Å². The Morgan fingerprint density at radius 3 is 1.54 bits per heavy atom. The standard InChI is InChI=1S/C15H19N3O2.C6H4/c1-3-10-8-19-14(16-10)12-6-5-7-13(18-12)15-17-11(4-2)9-20-15;1-2-6-4-3-5(1)6/h5-7,10-11H,3-4,8-9H2,1-2H3;1-4H. The zero-order chi connectivity index (χ0) is 17.9. The summed E-state index contributed by atoms with van der Waals surface area (Å²) in [5.74, 6) is 1.26. The molecule has 1 aromatic heterocycles. The second-order valence-corrected chi connectivity index (χ2v) is 6.60. The minimum Gasteiger partial charge on any atom is -0.474 e. The van der Waals surface area contributed by atoms with E-state index in [0.29, 0.717) is 25.0 Å². The van der Waals surface area contributed by atoms with Gasteiger partial charge in [0.1, 0.15) is 24.6 Å². The minimum absolute atomic E-state index is 0.250. The van der Waals surface area contributed by atoms with Gasteiger partial charge in [-0.1, -0.05) is 44.2 Å². The molecule has 3 heterocycles. The predicted molar refractivity (Wildman–Crippen MR) is 103 cm³/mol. The van der Waals surface area contributed by atoms with E-state index in [1.807, 2.05) is 18.2 Å². The Bertz CT molecular complexity index is 776. The molecule has 5 nitrogen and oxygen atoms in total. The van der Waals surface area contributed by atoms with Gasteiger partial charge in [0.25, 0.3) is 0 Å². The van der Waals surface area contributed by atoms with Crippen LogP contribution in [0.3, 0.4) is 0 Å². The fourth-order valence-electron chi connectivity index (χ4n) is 2.87. The van der Waals surface area contributed by atoms with Crippen LogP contribution in [0.4, 0.5) is 0 Å². The van der Waals surface area contributed by atoms with Gasteiger partial charge in [-0.15, -0.1) is 0 Å². The second kappa shape index (κ2) is 7.28. The summed E-state index contributed by atoms with van der Waals surface area (Å²) in [6.45, 7) is 5.51. The normalized spacial score (nSPS) is 21.8. The van der Waals surface area contributed by atoms with Crippen LogP contribution in [0, 0.1) is 0 Å². The Hall–Kier alpha value is -2.69. The second-order valence-electron chi connectivity index (χ2n) is 6.60. The zero-order valence-electron chi connectivity index (χ0n) is 15.2. The number of rotatable bonds is 4. The average Bonchev–Trinajstić information content (AvgIpc) is 3.34. The van der Waals surface area contributed by atoms with Crippen molar-refractivity contribution in [2.45, 2.75) is 38.8 Å². The molecule has 0 aromatic carbocycles. The number of benzene rings is 1. The largest absolute Gasteiger partial charge is 0.474 e. The molecule has 0 saturated carbocycles. The van der Waals surface area contributed by atoms with Crippen molar-refractivity contribution in [3.63, 3.8) is 0 Å². The first-order valence-electron chi connectivity index (χ1n) is 9.26. The van der Waals surface area contributed by atoms with Gasteiger partial charge in [-0.25, -0.2) is 15.0 Å². The maximum atomic E-state index is 5.61. The number of ether oxygens (including phenoxy) is 2. The number of hydrogen-bond acceptors (Lipinski definition) is 5. The van der Waals surface area contributed by atoms with Crippen LogP contribution < -0.4 is 0 Å². The fraction of sp³-hybridized carbons (Fsp3) is 0.381. The van der Waals surface area contributed by atoms with Crippen LogP contribution in [0.1, 0.15) is 38.1 Å². The summed E-state index contributed by atoms with van der Waals surface area (Å²) < 4.78 is 11.2. The molecule has 0 amide bonds. The maximum absolute atomic E-state index is 5.61. The van der Waals surface area contributed by atoms with Crippen molar-refractivity contribution in [2.24, 2.45) is 9.98 Å². The number of aliphatic imine (C=N–C) groups is 2. The van der Waals surface area contributed by atoms with Crippen LogP contribution in [-0.4, -0.2) is 42.1 Å². The first kappa shape index (κ1) is 16.8. The van der Waals surface area contributed by atoms with Crippen molar-refractivity contribution in [1.29, 1.82) is 0 Å². The SMILES string of the molecule is CCC1COC(c2cccc(C3=NC(CC)CO3)n2)=N1.c1cc2ccc1-2. The lowest BCUT2D eigenvalue weighted by molar-refractivity contribution is 0.313. The van der Waals surface area contributed by atoms with Gasteiger partial charge in [0.2, 0.25) is 11.8 Å². The van der Waals surface area contributed by atoms with Crippen LogP contribution in [0.5, 0.6) is 0 Å². The van der Waals surface area contributed by atoms with Crippen LogP contribution in [0.15, 0.2) is 52.4 Å². The molecule has 0 radical (unpaired) electrons. The third-order valence-corrected chi connectivity index (χ3v) is 4.77. The van der Waals surface area contributed by atoms with Gasteiger partial charge < -0.3 is 9.47 Å². The van der Waals surface area contributed by atoms with Crippen molar-refractivity contribution >= 4 is 11.8 Å². The molecule has 0 bridgehead atoms. The smallest absolute Gasteiger partial charge is 0.235 e. The van der Waals surface area contributed by atoms with Gasteiger partial charge >= 0.3 is 0 Å². The molecule has 0 N–H and O–H groups in total. The van der Waals surface area contributed by atoms with Gasteiger partial charge in [-0.3, -0.25) is 0 Å². The highest BCUT2D eigenvalue weighted by Gasteiger charge is 2.23. The van der Waals surface area contributed by atoms with E-state index in [-0.39, 0.29) is 12.1 Å². The first-order chi connectivity index (χ1) is 12.8. The molecule has 26 heavy (non-hydrogen) atoms. The quantitative estimate of drug-likeness (QED) is 0.719. The van der Waals surface area contributed by atoms with Gasteiger partial charge in [-0.2, -0.15) is 0 Å². The van der Waals surface area contributed by atoms with Gasteiger partial charge in [-0.05, 0) is 36.1 Å². The van der Waals surface area contributed by atoms with E-state index in [0.717, 1.165) is 24.2 Å². The van der Waals surface area contributed by atoms with E-state index in [1.54, 1.807) is 0 Å². The third kappa shape index (κ3) is 3.34. The monoisotopic (exact) mass is 349 g/mol. The van der Waals surface area contributed by atoms with E-state index >= 15 is 0 Å². The van der Waals surface area contributed by atoms with Crippen molar-refractivity contribution in [3.8, 4) is 11.1 Å². The molecule has 5 rings (SSSR count). The summed E-state index contributed by atoms with van der Waals surface area (Å²) in [5, 5.41) is 0. The summed E-state index contributed by atoms with van der Waals surface area (Å²) in [6.07, 6.45) is 1.97. The molecule has 2 unspecified atom stereocenters. The molecule has 4 aliphatic rings. The van der Waals surface area contributed by atoms with Gasteiger partial charge in [0, 0.05) is 0 Å².